The molecule has 1 aliphatic heterocycles. The summed E-state index contributed by atoms with van der Waals surface area (Å²) in [7, 11) is 0. The average Bonchev–Trinajstić information content (AvgIpc) is 2.54. The van der Waals surface area contributed by atoms with E-state index in [9.17, 15) is 0 Å². The molecule has 0 spiro atoms. The fourth-order valence-electron chi connectivity index (χ4n) is 1.05. The molecule has 0 aromatic carbocycles. The zero-order valence-corrected chi connectivity index (χ0v) is 6.42. The van der Waals surface area contributed by atoms with Crippen molar-refractivity contribution in [3.63, 3.8) is 0 Å². The summed E-state index contributed by atoms with van der Waals surface area (Å²) in [5.41, 5.74) is 0. The molecule has 2 heterocycles. The Labute approximate surface area is 69.6 Å². The average molecular weight is 167 g/mol. The van der Waals surface area contributed by atoms with Crippen LogP contribution in [0.1, 0.15) is 0 Å². The fraction of sp³-hybridized carbons (Fsp3) is 0.429. The molecule has 0 radical (unpaired) electrons. The third kappa shape index (κ3) is 1.37. The van der Waals surface area contributed by atoms with E-state index < -0.39 is 6.10 Å². The van der Waals surface area contributed by atoms with Gasteiger partial charge in [0, 0.05) is 12.4 Å². The van der Waals surface area contributed by atoms with Crippen LogP contribution in [0.3, 0.4) is 0 Å². The topological polar surface area (TPSA) is 58.5 Å². The first-order chi connectivity index (χ1) is 5.86. The summed E-state index contributed by atoms with van der Waals surface area (Å²) in [4.78, 5) is 13.0. The number of hydrogen-bond acceptors (Lipinski definition) is 5. The van der Waals surface area contributed by atoms with Crippen molar-refractivity contribution in [1.82, 2.24) is 9.97 Å². The molecular formula is C7H9N3O2. The van der Waals surface area contributed by atoms with Gasteiger partial charge in [-0.15, -0.1) is 0 Å². The maximum absolute atomic E-state index is 9.15. The molecule has 1 saturated heterocycles. The highest BCUT2D eigenvalue weighted by atomic mass is 16.7. The van der Waals surface area contributed by atoms with E-state index in [1.807, 2.05) is 0 Å². The Balaban J connectivity index is 2.11. The lowest BCUT2D eigenvalue weighted by Gasteiger charge is -2.12. The highest BCUT2D eigenvalue weighted by Gasteiger charge is 2.22. The highest BCUT2D eigenvalue weighted by Crippen LogP contribution is 2.13. The Morgan fingerprint density at radius 3 is 3.08 bits per heavy atom. The molecule has 1 atom stereocenters. The van der Waals surface area contributed by atoms with Crippen molar-refractivity contribution < 1.29 is 9.94 Å². The maximum Gasteiger partial charge on any atom is 0.171 e. The lowest BCUT2D eigenvalue weighted by atomic mass is 10.4. The van der Waals surface area contributed by atoms with Crippen LogP contribution in [-0.4, -0.2) is 34.3 Å². The van der Waals surface area contributed by atoms with E-state index in [4.69, 9.17) is 9.94 Å². The van der Waals surface area contributed by atoms with Crippen LogP contribution in [0.15, 0.2) is 18.6 Å². The second kappa shape index (κ2) is 3.04. The molecule has 0 saturated carbocycles. The molecule has 0 aliphatic carbocycles. The Bertz CT molecular complexity index is 254. The monoisotopic (exact) mass is 167 g/mol. The molecule has 2 rings (SSSR count). The summed E-state index contributed by atoms with van der Waals surface area (Å²) in [5, 5.41) is 10.7. The summed E-state index contributed by atoms with van der Waals surface area (Å²) in [6, 6.07) is 0. The van der Waals surface area contributed by atoms with Crippen molar-refractivity contribution in [3.05, 3.63) is 18.6 Å². The van der Waals surface area contributed by atoms with Crippen LogP contribution in [0, 0.1) is 0 Å². The summed E-state index contributed by atoms with van der Waals surface area (Å²) >= 11 is 0. The number of aliphatic hydroxyl groups excluding tert-OH is 1. The summed E-state index contributed by atoms with van der Waals surface area (Å²) < 4.78 is 0. The maximum atomic E-state index is 9.15. The van der Waals surface area contributed by atoms with E-state index in [0.29, 0.717) is 19.0 Å². The van der Waals surface area contributed by atoms with Gasteiger partial charge in [-0.2, -0.15) is 0 Å². The predicted octanol–water partition coefficient (Wildman–Crippen LogP) is -0.411. The van der Waals surface area contributed by atoms with E-state index in [1.54, 1.807) is 18.6 Å². The first kappa shape index (κ1) is 7.45. The van der Waals surface area contributed by atoms with Crippen LogP contribution in [0.5, 0.6) is 0 Å². The zero-order valence-electron chi connectivity index (χ0n) is 6.42. The third-order valence-electron chi connectivity index (χ3n) is 1.60. The van der Waals surface area contributed by atoms with E-state index in [-0.39, 0.29) is 0 Å². The lowest BCUT2D eigenvalue weighted by molar-refractivity contribution is 0.115. The van der Waals surface area contributed by atoms with Crippen LogP contribution in [0.4, 0.5) is 5.82 Å². The van der Waals surface area contributed by atoms with E-state index in [2.05, 4.69) is 9.97 Å². The first-order valence-electron chi connectivity index (χ1n) is 3.71. The van der Waals surface area contributed by atoms with Crippen molar-refractivity contribution in [1.29, 1.82) is 0 Å². The van der Waals surface area contributed by atoms with Gasteiger partial charge in [-0.05, 0) is 0 Å². The molecule has 1 N–H and O–H groups in total. The van der Waals surface area contributed by atoms with Gasteiger partial charge in [0.1, 0.15) is 6.61 Å². The van der Waals surface area contributed by atoms with Gasteiger partial charge in [0.15, 0.2) is 5.82 Å². The largest absolute Gasteiger partial charge is 0.389 e. The molecule has 0 bridgehead atoms. The van der Waals surface area contributed by atoms with Gasteiger partial charge in [-0.1, -0.05) is 0 Å². The molecule has 1 aliphatic rings. The van der Waals surface area contributed by atoms with Crippen molar-refractivity contribution in [2.24, 2.45) is 0 Å². The zero-order chi connectivity index (χ0) is 8.39. The minimum atomic E-state index is -0.424. The molecule has 1 aromatic heterocycles. The number of anilines is 1. The molecule has 5 nitrogen and oxygen atoms in total. The van der Waals surface area contributed by atoms with Crippen molar-refractivity contribution in [3.8, 4) is 0 Å². The number of β-amino-alcohol motifs (C(OH)–C–C–N with tert-alkyl or cyclic N) is 1. The number of nitrogens with zero attached hydrogens (tertiary/aromatic N) is 3. The molecule has 64 valence electrons. The smallest absolute Gasteiger partial charge is 0.171 e. The first-order valence-corrected chi connectivity index (χ1v) is 3.71. The number of hydrogen-bond donors (Lipinski definition) is 1. The van der Waals surface area contributed by atoms with Crippen molar-refractivity contribution in [2.45, 2.75) is 6.10 Å². The Kier molecular flexibility index (Phi) is 1.89. The lowest BCUT2D eigenvalue weighted by Crippen LogP contribution is -2.20. The van der Waals surface area contributed by atoms with Crippen LogP contribution < -0.4 is 5.06 Å². The van der Waals surface area contributed by atoms with Gasteiger partial charge in [-0.25, -0.2) is 10.0 Å². The molecule has 5 heteroatoms. The predicted molar refractivity (Wildman–Crippen MR) is 41.3 cm³/mol. The molecule has 1 unspecified atom stereocenters. The van der Waals surface area contributed by atoms with Gasteiger partial charge in [0.2, 0.25) is 0 Å². The third-order valence-corrected chi connectivity index (χ3v) is 1.60. The quantitative estimate of drug-likeness (QED) is 0.616. The summed E-state index contributed by atoms with van der Waals surface area (Å²) in [5.74, 6) is 0.633. The van der Waals surface area contributed by atoms with Crippen molar-refractivity contribution >= 4 is 5.82 Å². The summed E-state index contributed by atoms with van der Waals surface area (Å²) in [6.45, 7) is 0.787. The van der Waals surface area contributed by atoms with Gasteiger partial charge in [-0.3, -0.25) is 9.82 Å². The number of aromatic nitrogens is 2. The standard InChI is InChI=1S/C7H9N3O2/c11-6-4-10(12-5-6)7-3-8-1-2-9-7/h1-3,6,11H,4-5H2. The number of hydroxylamine groups is 1. The van der Waals surface area contributed by atoms with Crippen LogP contribution in [0.2, 0.25) is 0 Å². The van der Waals surface area contributed by atoms with Crippen LogP contribution >= 0.6 is 0 Å². The fourth-order valence-corrected chi connectivity index (χ4v) is 1.05. The second-order valence-corrected chi connectivity index (χ2v) is 2.57. The van der Waals surface area contributed by atoms with Crippen LogP contribution in [-0.2, 0) is 4.84 Å². The SMILES string of the molecule is OC1CON(c2cnccn2)C1. The molecule has 1 aromatic rings. The number of rotatable bonds is 1. The number of aliphatic hydroxyl groups is 1. The normalized spacial score (nSPS) is 23.1. The Morgan fingerprint density at radius 1 is 1.58 bits per heavy atom. The van der Waals surface area contributed by atoms with Gasteiger partial charge in [0.25, 0.3) is 0 Å². The molecular weight excluding hydrogens is 158 g/mol. The van der Waals surface area contributed by atoms with E-state index in [0.717, 1.165) is 0 Å². The highest BCUT2D eigenvalue weighted by molar-refractivity contribution is 5.32. The summed E-state index contributed by atoms with van der Waals surface area (Å²) in [6.07, 6.45) is 4.35. The second-order valence-electron chi connectivity index (χ2n) is 2.57. The molecule has 12 heavy (non-hydrogen) atoms. The minimum Gasteiger partial charge on any atom is -0.389 e. The van der Waals surface area contributed by atoms with Crippen LogP contribution in [0.25, 0.3) is 0 Å². The molecule has 0 amide bonds. The minimum absolute atomic E-state index is 0.330. The van der Waals surface area contributed by atoms with Gasteiger partial charge in [0.05, 0.1) is 18.8 Å². The molecule has 1 fully saturated rings. The Morgan fingerprint density at radius 2 is 2.50 bits per heavy atom. The van der Waals surface area contributed by atoms with E-state index >= 15 is 0 Å². The van der Waals surface area contributed by atoms with Gasteiger partial charge < -0.3 is 5.11 Å². The Hall–Kier alpha value is -1.20. The van der Waals surface area contributed by atoms with Crippen molar-refractivity contribution in [2.75, 3.05) is 18.2 Å². The van der Waals surface area contributed by atoms with Gasteiger partial charge >= 0.3 is 0 Å². The van der Waals surface area contributed by atoms with E-state index in [1.165, 1.54) is 5.06 Å².